The lowest BCUT2D eigenvalue weighted by Gasteiger charge is -2.34. The summed E-state index contributed by atoms with van der Waals surface area (Å²) in [6.07, 6.45) is 7.15. The van der Waals surface area contributed by atoms with Crippen molar-refractivity contribution in [3.63, 3.8) is 0 Å². The monoisotopic (exact) mass is 808 g/mol. The number of nitrogens with zero attached hydrogens (tertiary/aromatic N) is 2. The van der Waals surface area contributed by atoms with Crippen LogP contribution in [-0.4, -0.2) is 0 Å². The molecule has 302 valence electrons. The van der Waals surface area contributed by atoms with E-state index in [0.29, 0.717) is 5.92 Å². The topological polar surface area (TPSA) is 6.48 Å². The van der Waals surface area contributed by atoms with Crippen LogP contribution < -0.4 is 9.80 Å². The standard InChI is InChI=1S/C61H48N2/c1-45-44-54(42-43-55(45)50-24-10-4-11-25-50)62(53-40-38-49(39-41-53)47-22-8-3-9-23-47)60-32-18-15-29-57(60)58-30-16-19-33-61(58)63(52-26-12-5-13-27-52)59-31-17-14-28-56(59)51-36-34-48(35-37-51)46-20-6-2-7-21-46/h2-45,55H,1H3. The third kappa shape index (κ3) is 8.15. The van der Waals surface area contributed by atoms with Crippen molar-refractivity contribution in [2.45, 2.75) is 12.8 Å². The van der Waals surface area contributed by atoms with Gasteiger partial charge >= 0.3 is 0 Å². The van der Waals surface area contributed by atoms with E-state index in [9.17, 15) is 0 Å². The second-order valence-corrected chi connectivity index (χ2v) is 16.2. The molecular formula is C61H48N2. The molecule has 0 spiro atoms. The number of benzene rings is 9. The van der Waals surface area contributed by atoms with Crippen LogP contribution in [-0.2, 0) is 0 Å². The molecule has 0 aliphatic heterocycles. The molecule has 0 saturated heterocycles. The van der Waals surface area contributed by atoms with Crippen LogP contribution >= 0.6 is 0 Å². The molecule has 2 atom stereocenters. The molecular weight excluding hydrogens is 761 g/mol. The largest absolute Gasteiger partial charge is 0.310 e. The van der Waals surface area contributed by atoms with E-state index in [1.807, 2.05) is 0 Å². The number of allylic oxidation sites excluding steroid dienone is 3. The quantitative estimate of drug-likeness (QED) is 0.128. The summed E-state index contributed by atoms with van der Waals surface area (Å²) in [6, 6.07) is 87.4. The molecule has 2 heteroatoms. The van der Waals surface area contributed by atoms with Crippen LogP contribution in [0.5, 0.6) is 0 Å². The molecule has 63 heavy (non-hydrogen) atoms. The highest BCUT2D eigenvalue weighted by Gasteiger charge is 2.26. The molecule has 0 bridgehead atoms. The zero-order chi connectivity index (χ0) is 42.4. The number of para-hydroxylation sites is 4. The lowest BCUT2D eigenvalue weighted by atomic mass is 9.83. The molecule has 0 fully saturated rings. The second-order valence-electron chi connectivity index (χ2n) is 16.2. The normalized spacial score (nSPS) is 14.5. The maximum Gasteiger partial charge on any atom is 0.0541 e. The van der Waals surface area contributed by atoms with E-state index in [1.54, 1.807) is 0 Å². The minimum atomic E-state index is 0.282. The van der Waals surface area contributed by atoms with Gasteiger partial charge in [-0.15, -0.1) is 0 Å². The zero-order valence-electron chi connectivity index (χ0n) is 35.4. The van der Waals surface area contributed by atoms with E-state index < -0.39 is 0 Å². The van der Waals surface area contributed by atoms with Crippen molar-refractivity contribution in [2.24, 2.45) is 5.92 Å². The van der Waals surface area contributed by atoms with Gasteiger partial charge in [-0.25, -0.2) is 0 Å². The first-order chi connectivity index (χ1) is 31.2. The molecule has 1 aliphatic carbocycles. The predicted molar refractivity (Wildman–Crippen MR) is 267 cm³/mol. The third-order valence-corrected chi connectivity index (χ3v) is 12.2. The Bertz CT molecular complexity index is 2990. The summed E-state index contributed by atoms with van der Waals surface area (Å²) in [6.45, 7) is 2.34. The van der Waals surface area contributed by atoms with E-state index in [4.69, 9.17) is 0 Å². The van der Waals surface area contributed by atoms with E-state index in [-0.39, 0.29) is 5.92 Å². The number of rotatable bonds is 11. The number of anilines is 5. The van der Waals surface area contributed by atoms with Crippen molar-refractivity contribution in [3.8, 4) is 44.5 Å². The molecule has 0 aromatic heterocycles. The molecule has 0 heterocycles. The Morgan fingerprint density at radius 3 is 1.24 bits per heavy atom. The maximum absolute atomic E-state index is 2.45. The van der Waals surface area contributed by atoms with Crippen molar-refractivity contribution in [3.05, 3.63) is 272 Å². The highest BCUT2D eigenvalue weighted by Crippen LogP contribution is 2.48. The van der Waals surface area contributed by atoms with Gasteiger partial charge in [-0.05, 0) is 87.8 Å². The van der Waals surface area contributed by atoms with Gasteiger partial charge in [0, 0.05) is 39.7 Å². The second kappa shape index (κ2) is 18.0. The molecule has 0 N–H and O–H groups in total. The van der Waals surface area contributed by atoms with Crippen LogP contribution in [0.2, 0.25) is 0 Å². The molecule has 1 aliphatic rings. The van der Waals surface area contributed by atoms with Gasteiger partial charge in [-0.3, -0.25) is 0 Å². The van der Waals surface area contributed by atoms with Crippen molar-refractivity contribution in [1.29, 1.82) is 0 Å². The first kappa shape index (κ1) is 39.2. The van der Waals surface area contributed by atoms with E-state index >= 15 is 0 Å². The van der Waals surface area contributed by atoms with E-state index in [2.05, 4.69) is 278 Å². The van der Waals surface area contributed by atoms with Crippen LogP contribution in [0, 0.1) is 5.92 Å². The van der Waals surface area contributed by atoms with E-state index in [0.717, 1.165) is 56.4 Å². The highest BCUT2D eigenvalue weighted by atomic mass is 15.2. The van der Waals surface area contributed by atoms with Gasteiger partial charge < -0.3 is 9.80 Å². The first-order valence-corrected chi connectivity index (χ1v) is 21.9. The molecule has 0 radical (unpaired) electrons. The van der Waals surface area contributed by atoms with Crippen molar-refractivity contribution >= 4 is 28.4 Å². The Balaban J connectivity index is 1.11. The molecule has 9 aromatic rings. The van der Waals surface area contributed by atoms with Gasteiger partial charge in [0.15, 0.2) is 0 Å². The summed E-state index contributed by atoms with van der Waals surface area (Å²) in [7, 11) is 0. The maximum atomic E-state index is 2.45. The summed E-state index contributed by atoms with van der Waals surface area (Å²) in [5, 5.41) is 0. The fourth-order valence-electron chi connectivity index (χ4n) is 9.07. The Labute approximate surface area is 372 Å². The summed E-state index contributed by atoms with van der Waals surface area (Å²) in [5.74, 6) is 0.576. The lowest BCUT2D eigenvalue weighted by molar-refractivity contribution is 0.628. The minimum absolute atomic E-state index is 0.282. The van der Waals surface area contributed by atoms with Crippen LogP contribution in [0.1, 0.15) is 18.4 Å². The summed E-state index contributed by atoms with van der Waals surface area (Å²) in [5.41, 5.74) is 17.4. The zero-order valence-corrected chi connectivity index (χ0v) is 35.4. The summed E-state index contributed by atoms with van der Waals surface area (Å²) >= 11 is 0. The molecule has 9 aromatic carbocycles. The smallest absolute Gasteiger partial charge is 0.0541 e. The van der Waals surface area contributed by atoms with Gasteiger partial charge in [0.05, 0.1) is 17.1 Å². The Morgan fingerprint density at radius 1 is 0.317 bits per heavy atom. The average molecular weight is 809 g/mol. The molecule has 2 nitrogen and oxygen atoms in total. The van der Waals surface area contributed by atoms with Crippen molar-refractivity contribution < 1.29 is 0 Å². The van der Waals surface area contributed by atoms with Gasteiger partial charge in [-0.2, -0.15) is 0 Å². The number of hydrogen-bond acceptors (Lipinski definition) is 2. The summed E-state index contributed by atoms with van der Waals surface area (Å²) in [4.78, 5) is 4.88. The van der Waals surface area contributed by atoms with E-state index in [1.165, 1.54) is 27.8 Å². The van der Waals surface area contributed by atoms with Crippen LogP contribution in [0.3, 0.4) is 0 Å². The van der Waals surface area contributed by atoms with Gasteiger partial charge in [-0.1, -0.05) is 219 Å². The average Bonchev–Trinajstić information content (AvgIpc) is 3.36. The van der Waals surface area contributed by atoms with Crippen molar-refractivity contribution in [2.75, 3.05) is 9.80 Å². The lowest BCUT2D eigenvalue weighted by Crippen LogP contribution is -2.21. The fraction of sp³-hybridized carbons (Fsp3) is 0.0492. The SMILES string of the molecule is CC1C=C(N(c2ccc(-c3ccccc3)cc2)c2ccccc2-c2ccccc2N(c2ccccc2)c2ccccc2-c2ccc(-c3ccccc3)cc2)C=CC1c1ccccc1. The van der Waals surface area contributed by atoms with Gasteiger partial charge in [0.1, 0.15) is 0 Å². The van der Waals surface area contributed by atoms with Crippen LogP contribution in [0.15, 0.2) is 267 Å². The highest BCUT2D eigenvalue weighted by molar-refractivity contribution is 5.97. The first-order valence-electron chi connectivity index (χ1n) is 21.9. The fourth-order valence-corrected chi connectivity index (χ4v) is 9.07. The Kier molecular flexibility index (Phi) is 11.2. The predicted octanol–water partition coefficient (Wildman–Crippen LogP) is 16.8. The van der Waals surface area contributed by atoms with Gasteiger partial charge in [0.2, 0.25) is 0 Å². The van der Waals surface area contributed by atoms with Gasteiger partial charge in [0.25, 0.3) is 0 Å². The Morgan fingerprint density at radius 2 is 0.698 bits per heavy atom. The number of hydrogen-bond donors (Lipinski definition) is 0. The van der Waals surface area contributed by atoms with Crippen LogP contribution in [0.25, 0.3) is 44.5 Å². The van der Waals surface area contributed by atoms with Crippen molar-refractivity contribution in [1.82, 2.24) is 0 Å². The minimum Gasteiger partial charge on any atom is -0.310 e. The molecule has 0 saturated carbocycles. The molecule has 10 rings (SSSR count). The summed E-state index contributed by atoms with van der Waals surface area (Å²) < 4.78 is 0. The molecule has 2 unspecified atom stereocenters. The third-order valence-electron chi connectivity index (χ3n) is 12.2. The van der Waals surface area contributed by atoms with Crippen LogP contribution in [0.4, 0.5) is 28.4 Å². The molecule has 0 amide bonds. The Hall–Kier alpha value is -7.94.